The van der Waals surface area contributed by atoms with E-state index in [0.717, 1.165) is 85.7 Å². The molecule has 0 bridgehead atoms. The van der Waals surface area contributed by atoms with Gasteiger partial charge in [-0.15, -0.1) is 0 Å². The largest absolute Gasteiger partial charge is 0.344 e. The van der Waals surface area contributed by atoms with E-state index in [2.05, 4.69) is 140 Å². The number of nitrogens with one attached hydrogen (secondary N) is 1. The van der Waals surface area contributed by atoms with Crippen LogP contribution >= 0.6 is 0 Å². The Balaban J connectivity index is 1.05. The van der Waals surface area contributed by atoms with Gasteiger partial charge in [0.1, 0.15) is 12.0 Å². The molecule has 1 N–H and O–H groups in total. The molecule has 55 heavy (non-hydrogen) atoms. The van der Waals surface area contributed by atoms with Crippen LogP contribution in [-0.4, -0.2) is 26.6 Å². The molecule has 6 aromatic carbocycles. The van der Waals surface area contributed by atoms with E-state index in [1.54, 1.807) is 0 Å². The second-order valence-corrected chi connectivity index (χ2v) is 13.8. The van der Waals surface area contributed by atoms with Crippen molar-refractivity contribution < 1.29 is 0 Å². The summed E-state index contributed by atoms with van der Waals surface area (Å²) in [5.74, 6) is 3.55. The van der Waals surface area contributed by atoms with Gasteiger partial charge >= 0.3 is 0 Å². The van der Waals surface area contributed by atoms with E-state index in [1.807, 2.05) is 48.5 Å². The van der Waals surface area contributed by atoms with E-state index in [4.69, 9.17) is 24.9 Å². The van der Waals surface area contributed by atoms with Crippen LogP contribution in [0.1, 0.15) is 35.7 Å². The number of amidine groups is 2. The number of rotatable bonds is 8. The van der Waals surface area contributed by atoms with E-state index in [1.165, 1.54) is 0 Å². The minimum Gasteiger partial charge on any atom is -0.344 e. The van der Waals surface area contributed by atoms with Crippen molar-refractivity contribution in [2.45, 2.75) is 25.9 Å². The topological polar surface area (TPSA) is 75.4 Å². The van der Waals surface area contributed by atoms with Crippen molar-refractivity contribution in [3.8, 4) is 56.4 Å². The molecule has 0 saturated carbocycles. The van der Waals surface area contributed by atoms with Gasteiger partial charge in [-0.1, -0.05) is 158 Å². The van der Waals surface area contributed by atoms with Gasteiger partial charge in [0.2, 0.25) is 0 Å². The summed E-state index contributed by atoms with van der Waals surface area (Å²) in [4.78, 5) is 25.1. The molecular formula is C49H38N6. The molecule has 1 aliphatic carbocycles. The SMILES string of the molecule is Cc1ccccc1-c1nc(-c2ccccc2)nc(-c2cccc(-c3cccc(-c4cccc(C5=NC(C6=CC=CCC6)=NC(c6ccccc6)N5)c4)c3)c2)n1. The third-order valence-electron chi connectivity index (χ3n) is 10.00. The van der Waals surface area contributed by atoms with E-state index in [0.29, 0.717) is 17.5 Å². The number of allylic oxidation sites excluding steroid dienone is 3. The summed E-state index contributed by atoms with van der Waals surface area (Å²) in [6, 6.07) is 54.4. The van der Waals surface area contributed by atoms with Gasteiger partial charge in [-0.2, -0.15) is 0 Å². The lowest BCUT2D eigenvalue weighted by molar-refractivity contribution is 0.672. The Kier molecular flexibility index (Phi) is 9.29. The third kappa shape index (κ3) is 7.31. The minimum atomic E-state index is -0.226. The first kappa shape index (κ1) is 33.8. The van der Waals surface area contributed by atoms with Crippen LogP contribution in [0.2, 0.25) is 0 Å². The lowest BCUT2D eigenvalue weighted by Crippen LogP contribution is -2.33. The van der Waals surface area contributed by atoms with Crippen LogP contribution in [0.15, 0.2) is 192 Å². The third-order valence-corrected chi connectivity index (χ3v) is 10.00. The van der Waals surface area contributed by atoms with Crippen molar-refractivity contribution in [1.29, 1.82) is 0 Å². The molecule has 6 heteroatoms. The van der Waals surface area contributed by atoms with Crippen molar-refractivity contribution in [3.63, 3.8) is 0 Å². The van der Waals surface area contributed by atoms with E-state index >= 15 is 0 Å². The number of aliphatic imine (C=N–C) groups is 2. The molecule has 0 spiro atoms. The van der Waals surface area contributed by atoms with Crippen molar-refractivity contribution >= 4 is 11.7 Å². The predicted octanol–water partition coefficient (Wildman–Crippen LogP) is 11.2. The van der Waals surface area contributed by atoms with Crippen LogP contribution in [0.25, 0.3) is 56.4 Å². The molecule has 1 aliphatic heterocycles. The average Bonchev–Trinajstić information content (AvgIpc) is 3.27. The van der Waals surface area contributed by atoms with Crippen LogP contribution in [0.4, 0.5) is 0 Å². The first-order chi connectivity index (χ1) is 27.1. The molecule has 9 rings (SSSR count). The molecule has 1 atom stereocenters. The Morgan fingerprint density at radius 2 is 1.07 bits per heavy atom. The number of hydrogen-bond acceptors (Lipinski definition) is 6. The zero-order valence-corrected chi connectivity index (χ0v) is 30.5. The second kappa shape index (κ2) is 15.1. The number of benzene rings is 6. The highest BCUT2D eigenvalue weighted by molar-refractivity contribution is 6.13. The lowest BCUT2D eigenvalue weighted by Gasteiger charge is -2.25. The molecule has 2 heterocycles. The fourth-order valence-corrected chi connectivity index (χ4v) is 7.06. The Hall–Kier alpha value is -7.05. The Bertz CT molecular complexity index is 2640. The van der Waals surface area contributed by atoms with Gasteiger partial charge in [0.15, 0.2) is 23.3 Å². The quantitative estimate of drug-likeness (QED) is 0.170. The van der Waals surface area contributed by atoms with Crippen LogP contribution in [0, 0.1) is 6.92 Å². The van der Waals surface area contributed by atoms with Crippen molar-refractivity contribution in [3.05, 3.63) is 198 Å². The smallest absolute Gasteiger partial charge is 0.164 e. The lowest BCUT2D eigenvalue weighted by atomic mass is 9.96. The van der Waals surface area contributed by atoms with Gasteiger partial charge in [-0.05, 0) is 76.9 Å². The fraction of sp³-hybridized carbons (Fsp3) is 0.0816. The van der Waals surface area contributed by atoms with Gasteiger partial charge < -0.3 is 5.32 Å². The van der Waals surface area contributed by atoms with Gasteiger partial charge in [0.25, 0.3) is 0 Å². The molecule has 0 radical (unpaired) electrons. The van der Waals surface area contributed by atoms with E-state index in [-0.39, 0.29) is 6.17 Å². The van der Waals surface area contributed by atoms with Crippen molar-refractivity contribution in [2.75, 3.05) is 0 Å². The predicted molar refractivity (Wildman–Crippen MR) is 224 cm³/mol. The molecule has 2 aliphatic rings. The molecule has 264 valence electrons. The molecule has 1 unspecified atom stereocenters. The van der Waals surface area contributed by atoms with Gasteiger partial charge in [-0.25, -0.2) is 24.9 Å². The molecule has 7 aromatic rings. The molecule has 1 aromatic heterocycles. The summed E-state index contributed by atoms with van der Waals surface area (Å²) in [6.45, 7) is 2.09. The number of nitrogens with zero attached hydrogens (tertiary/aromatic N) is 5. The minimum absolute atomic E-state index is 0.226. The monoisotopic (exact) mass is 710 g/mol. The molecular weight excluding hydrogens is 673 g/mol. The first-order valence-electron chi connectivity index (χ1n) is 18.7. The first-order valence-corrected chi connectivity index (χ1v) is 18.7. The highest BCUT2D eigenvalue weighted by Gasteiger charge is 2.22. The molecule has 6 nitrogen and oxygen atoms in total. The van der Waals surface area contributed by atoms with Gasteiger partial charge in [-0.3, -0.25) is 0 Å². The summed E-state index contributed by atoms with van der Waals surface area (Å²) in [7, 11) is 0. The van der Waals surface area contributed by atoms with Crippen LogP contribution in [-0.2, 0) is 0 Å². The molecule has 0 saturated heterocycles. The van der Waals surface area contributed by atoms with E-state index < -0.39 is 0 Å². The maximum atomic E-state index is 5.08. The number of hydrogen-bond donors (Lipinski definition) is 1. The van der Waals surface area contributed by atoms with Gasteiger partial charge in [0, 0.05) is 22.3 Å². The highest BCUT2D eigenvalue weighted by Crippen LogP contribution is 2.32. The van der Waals surface area contributed by atoms with Crippen LogP contribution in [0.5, 0.6) is 0 Å². The normalized spacial score (nSPS) is 15.1. The zero-order chi connectivity index (χ0) is 37.0. The standard InChI is InChI=1S/C49H38N6/c1-33-16-11-12-29-43(33)49-54-46(36-21-9-4-10-22-36)53-48(55-49)42-28-15-26-40(32-42)38-24-13-23-37(30-38)39-25-14-27-41(31-39)47-51-44(34-17-5-2-6-18-34)50-45(52-47)35-19-7-3-8-20-35/h2-7,9-19,21-32,44H,8,20H2,1H3,(H,50,51,52). The Morgan fingerprint density at radius 3 is 1.75 bits per heavy atom. The van der Waals surface area contributed by atoms with Crippen LogP contribution in [0.3, 0.4) is 0 Å². The molecule has 0 amide bonds. The number of aryl methyl sites for hydroxylation is 1. The number of aromatic nitrogens is 3. The van der Waals surface area contributed by atoms with Crippen LogP contribution < -0.4 is 5.32 Å². The van der Waals surface area contributed by atoms with Crippen molar-refractivity contribution in [2.24, 2.45) is 9.98 Å². The highest BCUT2D eigenvalue weighted by atomic mass is 15.2. The Labute approximate surface area is 321 Å². The zero-order valence-electron chi connectivity index (χ0n) is 30.5. The average molecular weight is 711 g/mol. The summed E-state index contributed by atoms with van der Waals surface area (Å²) >= 11 is 0. The summed E-state index contributed by atoms with van der Waals surface area (Å²) in [5, 5.41) is 3.63. The van der Waals surface area contributed by atoms with Gasteiger partial charge in [0.05, 0.1) is 0 Å². The summed E-state index contributed by atoms with van der Waals surface area (Å²) < 4.78 is 0. The second-order valence-electron chi connectivity index (χ2n) is 13.8. The molecule has 0 fully saturated rings. The maximum absolute atomic E-state index is 5.08. The summed E-state index contributed by atoms with van der Waals surface area (Å²) in [5.41, 5.74) is 11.7. The Morgan fingerprint density at radius 1 is 0.527 bits per heavy atom. The van der Waals surface area contributed by atoms with E-state index in [9.17, 15) is 0 Å². The fourth-order valence-electron chi connectivity index (χ4n) is 7.06. The van der Waals surface area contributed by atoms with Crippen molar-refractivity contribution in [1.82, 2.24) is 20.3 Å². The summed E-state index contributed by atoms with van der Waals surface area (Å²) in [6.07, 6.45) is 8.13. The maximum Gasteiger partial charge on any atom is 0.164 e.